The van der Waals surface area contributed by atoms with Crippen LogP contribution >= 0.6 is 0 Å². The van der Waals surface area contributed by atoms with Crippen molar-refractivity contribution in [1.82, 2.24) is 9.97 Å². The Labute approximate surface area is 146 Å². The minimum Gasteiger partial charge on any atom is -0.478 e. The van der Waals surface area contributed by atoms with E-state index in [-0.39, 0.29) is 5.56 Å². The molecule has 3 rings (SSSR count). The number of benzene rings is 2. The van der Waals surface area contributed by atoms with Gasteiger partial charge in [-0.3, -0.25) is 0 Å². The third-order valence-electron chi connectivity index (χ3n) is 3.45. The van der Waals surface area contributed by atoms with Crippen molar-refractivity contribution in [3.63, 3.8) is 0 Å². The average molecular weight is 354 g/mol. The van der Waals surface area contributed by atoms with Crippen molar-refractivity contribution in [2.75, 3.05) is 0 Å². The summed E-state index contributed by atoms with van der Waals surface area (Å²) >= 11 is 0. The van der Waals surface area contributed by atoms with Gasteiger partial charge in [0.15, 0.2) is 0 Å². The van der Waals surface area contributed by atoms with Crippen LogP contribution in [0, 0.1) is 6.92 Å². The van der Waals surface area contributed by atoms with E-state index in [9.17, 15) is 9.00 Å². The molecular formula is C18H14N2O4S. The topological polar surface area (TPSA) is 89.4 Å². The first-order valence-corrected chi connectivity index (χ1v) is 8.49. The first-order valence-electron chi connectivity index (χ1n) is 7.34. The molecule has 3 aromatic rings. The van der Waals surface area contributed by atoms with Gasteiger partial charge in [-0.05, 0) is 55.0 Å². The molecule has 0 aliphatic heterocycles. The molecule has 1 N–H and O–H groups in total. The van der Waals surface area contributed by atoms with E-state index in [0.717, 1.165) is 5.56 Å². The fourth-order valence-electron chi connectivity index (χ4n) is 2.16. The van der Waals surface area contributed by atoms with Crippen LogP contribution in [0.15, 0.2) is 70.8 Å². The molecule has 0 fully saturated rings. The number of carboxylic acids is 1. The zero-order valence-electron chi connectivity index (χ0n) is 13.2. The third-order valence-corrected chi connectivity index (χ3v) is 4.83. The van der Waals surface area contributed by atoms with Crippen LogP contribution in [0.4, 0.5) is 0 Å². The van der Waals surface area contributed by atoms with Gasteiger partial charge in [-0.25, -0.2) is 19.0 Å². The molecule has 6 nitrogen and oxygen atoms in total. The Morgan fingerprint density at radius 2 is 1.80 bits per heavy atom. The third kappa shape index (κ3) is 3.89. The van der Waals surface area contributed by atoms with Gasteiger partial charge >= 0.3 is 5.97 Å². The van der Waals surface area contributed by atoms with Crippen LogP contribution < -0.4 is 4.74 Å². The minimum atomic E-state index is -1.41. The predicted molar refractivity (Wildman–Crippen MR) is 91.4 cm³/mol. The second-order valence-corrected chi connectivity index (χ2v) is 6.66. The highest BCUT2D eigenvalue weighted by molar-refractivity contribution is 7.85. The highest BCUT2D eigenvalue weighted by Gasteiger charge is 2.11. The van der Waals surface area contributed by atoms with Crippen molar-refractivity contribution >= 4 is 16.8 Å². The number of carboxylic acid groups (broad SMARTS) is 1. The lowest BCUT2D eigenvalue weighted by Gasteiger charge is -2.09. The van der Waals surface area contributed by atoms with Crippen molar-refractivity contribution in [3.05, 3.63) is 72.2 Å². The van der Waals surface area contributed by atoms with Gasteiger partial charge in [-0.15, -0.1) is 0 Å². The molecular weight excluding hydrogens is 340 g/mol. The van der Waals surface area contributed by atoms with E-state index in [1.165, 1.54) is 18.5 Å². The second kappa shape index (κ2) is 7.23. The number of aromatic carboxylic acids is 1. The number of rotatable bonds is 5. The highest BCUT2D eigenvalue weighted by Crippen LogP contribution is 2.27. The summed E-state index contributed by atoms with van der Waals surface area (Å²) in [5.74, 6) is 0.0244. The standard InChI is InChI=1S/C18H14N2O4S/c1-12-10-15(6-7-16(12)24-17-8-9-19-11-20-17)25(23)14-4-2-13(3-5-14)18(21)22/h2-11H,1H3,(H,21,22). The lowest BCUT2D eigenvalue weighted by atomic mass is 10.2. The Kier molecular flexibility index (Phi) is 4.85. The van der Waals surface area contributed by atoms with Crippen LogP contribution in [-0.4, -0.2) is 25.3 Å². The Bertz CT molecular complexity index is 928. The molecule has 0 spiro atoms. The molecule has 1 aromatic heterocycles. The summed E-state index contributed by atoms with van der Waals surface area (Å²) in [5.41, 5.74) is 0.970. The number of hydrogen-bond acceptors (Lipinski definition) is 5. The largest absolute Gasteiger partial charge is 0.478 e. The summed E-state index contributed by atoms with van der Waals surface area (Å²) in [7, 11) is -1.41. The van der Waals surface area contributed by atoms with Gasteiger partial charge in [-0.1, -0.05) is 0 Å². The van der Waals surface area contributed by atoms with Crippen LogP contribution in [0.5, 0.6) is 11.6 Å². The van der Waals surface area contributed by atoms with Crippen molar-refractivity contribution in [2.45, 2.75) is 16.7 Å². The van der Waals surface area contributed by atoms with Gasteiger partial charge in [0.05, 0.1) is 16.4 Å². The number of ether oxygens (including phenoxy) is 1. The van der Waals surface area contributed by atoms with E-state index in [4.69, 9.17) is 9.84 Å². The molecule has 0 radical (unpaired) electrons. The Hall–Kier alpha value is -3.06. The smallest absolute Gasteiger partial charge is 0.335 e. The summed E-state index contributed by atoms with van der Waals surface area (Å²) in [6.07, 6.45) is 2.98. The van der Waals surface area contributed by atoms with E-state index >= 15 is 0 Å². The summed E-state index contributed by atoms with van der Waals surface area (Å²) < 4.78 is 18.3. The maximum atomic E-state index is 12.7. The van der Waals surface area contributed by atoms with E-state index in [2.05, 4.69) is 9.97 Å². The van der Waals surface area contributed by atoms with Crippen LogP contribution in [-0.2, 0) is 10.8 Å². The van der Waals surface area contributed by atoms with Gasteiger partial charge in [0.1, 0.15) is 12.1 Å². The SMILES string of the molecule is Cc1cc(S(=O)c2ccc(C(=O)O)cc2)ccc1Oc1ccncn1. The van der Waals surface area contributed by atoms with Crippen LogP contribution in [0.25, 0.3) is 0 Å². The van der Waals surface area contributed by atoms with Crippen molar-refractivity contribution in [1.29, 1.82) is 0 Å². The Balaban J connectivity index is 1.82. The average Bonchev–Trinajstić information content (AvgIpc) is 2.64. The fraction of sp³-hybridized carbons (Fsp3) is 0.0556. The van der Waals surface area contributed by atoms with E-state index in [1.54, 1.807) is 42.6 Å². The maximum absolute atomic E-state index is 12.7. The first-order chi connectivity index (χ1) is 12.0. The predicted octanol–water partition coefficient (Wildman–Crippen LogP) is 3.44. The van der Waals surface area contributed by atoms with Crippen molar-refractivity contribution in [3.8, 4) is 11.6 Å². The summed E-state index contributed by atoms with van der Waals surface area (Å²) in [5, 5.41) is 8.92. The summed E-state index contributed by atoms with van der Waals surface area (Å²) in [6.45, 7) is 1.85. The monoisotopic (exact) mass is 354 g/mol. The molecule has 2 aromatic carbocycles. The molecule has 126 valence electrons. The van der Waals surface area contributed by atoms with E-state index in [1.807, 2.05) is 6.92 Å². The van der Waals surface area contributed by atoms with Gasteiger partial charge < -0.3 is 9.84 Å². The molecule has 0 aliphatic carbocycles. The molecule has 1 unspecified atom stereocenters. The minimum absolute atomic E-state index is 0.158. The van der Waals surface area contributed by atoms with Gasteiger partial charge in [0.2, 0.25) is 5.88 Å². The Morgan fingerprint density at radius 3 is 2.40 bits per heavy atom. The van der Waals surface area contributed by atoms with Gasteiger partial charge in [0, 0.05) is 22.1 Å². The molecule has 0 bridgehead atoms. The quantitative estimate of drug-likeness (QED) is 0.755. The molecule has 1 heterocycles. The molecule has 7 heteroatoms. The highest BCUT2D eigenvalue weighted by atomic mass is 32.2. The van der Waals surface area contributed by atoms with E-state index in [0.29, 0.717) is 21.4 Å². The molecule has 0 amide bonds. The fourth-order valence-corrected chi connectivity index (χ4v) is 3.29. The molecule has 0 saturated carbocycles. The molecule has 0 saturated heterocycles. The molecule has 1 atom stereocenters. The zero-order valence-corrected chi connectivity index (χ0v) is 14.1. The number of nitrogens with zero attached hydrogens (tertiary/aromatic N) is 2. The van der Waals surface area contributed by atoms with Crippen LogP contribution in [0.1, 0.15) is 15.9 Å². The number of carbonyl (C=O) groups is 1. The van der Waals surface area contributed by atoms with Crippen molar-refractivity contribution in [2.24, 2.45) is 0 Å². The summed E-state index contributed by atoms with van der Waals surface area (Å²) in [4.78, 5) is 19.9. The maximum Gasteiger partial charge on any atom is 0.335 e. The van der Waals surface area contributed by atoms with Gasteiger partial charge in [0.25, 0.3) is 0 Å². The first kappa shape index (κ1) is 16.8. The van der Waals surface area contributed by atoms with E-state index < -0.39 is 16.8 Å². The lowest BCUT2D eigenvalue weighted by molar-refractivity contribution is 0.0697. The van der Waals surface area contributed by atoms with Crippen molar-refractivity contribution < 1.29 is 18.8 Å². The Morgan fingerprint density at radius 1 is 1.08 bits per heavy atom. The number of hydrogen-bond donors (Lipinski definition) is 1. The number of aryl methyl sites for hydroxylation is 1. The number of aromatic nitrogens is 2. The molecule has 25 heavy (non-hydrogen) atoms. The lowest BCUT2D eigenvalue weighted by Crippen LogP contribution is -1.98. The van der Waals surface area contributed by atoms with Gasteiger partial charge in [-0.2, -0.15) is 0 Å². The zero-order chi connectivity index (χ0) is 17.8. The molecule has 0 aliphatic rings. The summed E-state index contributed by atoms with van der Waals surface area (Å²) in [6, 6.07) is 12.9. The van der Waals surface area contributed by atoms with Crippen LogP contribution in [0.2, 0.25) is 0 Å². The second-order valence-electron chi connectivity index (χ2n) is 5.18. The van der Waals surface area contributed by atoms with Crippen LogP contribution in [0.3, 0.4) is 0 Å². The normalized spacial score (nSPS) is 11.7.